The molecule has 6 nitrogen and oxygen atoms in total. The zero-order valence-electron chi connectivity index (χ0n) is 41.3. The molecule has 0 spiro atoms. The molecule has 0 heterocycles. The molecule has 0 aliphatic carbocycles. The van der Waals surface area contributed by atoms with Crippen LogP contribution in [0.3, 0.4) is 0 Å². The molecule has 0 saturated heterocycles. The van der Waals surface area contributed by atoms with Crippen LogP contribution in [0.1, 0.15) is 303 Å². The molecule has 61 heavy (non-hydrogen) atoms. The van der Waals surface area contributed by atoms with E-state index in [1.807, 2.05) is 0 Å². The number of hydrogen-bond acceptors (Lipinski definition) is 5. The van der Waals surface area contributed by atoms with Crippen molar-refractivity contribution in [3.63, 3.8) is 0 Å². The number of unbranched alkanes of at least 4 members (excludes halogenated alkanes) is 36. The Morgan fingerprint density at radius 1 is 0.459 bits per heavy atom. The molecule has 3 unspecified atom stereocenters. The second-order valence-corrected chi connectivity index (χ2v) is 19.0. The minimum atomic E-state index is -0.785. The number of rotatable bonds is 50. The molecular formula is C55H107NO5. The molecule has 0 rings (SSSR count). The van der Waals surface area contributed by atoms with Crippen molar-refractivity contribution in [3.8, 4) is 0 Å². The van der Waals surface area contributed by atoms with Gasteiger partial charge in [0, 0.05) is 6.42 Å². The Morgan fingerprint density at radius 2 is 0.787 bits per heavy atom. The van der Waals surface area contributed by atoms with E-state index < -0.39 is 18.2 Å². The summed E-state index contributed by atoms with van der Waals surface area (Å²) in [5.74, 6) is -0.469. The zero-order valence-corrected chi connectivity index (χ0v) is 41.3. The normalized spacial score (nSPS) is 13.2. The van der Waals surface area contributed by atoms with Crippen molar-refractivity contribution < 1.29 is 24.5 Å². The Bertz CT molecular complexity index is 924. The lowest BCUT2D eigenvalue weighted by atomic mass is 10.0. The fourth-order valence-corrected chi connectivity index (χ4v) is 8.66. The lowest BCUT2D eigenvalue weighted by molar-refractivity contribution is -0.151. The number of aliphatic hydroxyl groups is 2. The van der Waals surface area contributed by atoms with Gasteiger partial charge in [0.05, 0.1) is 25.2 Å². The standard InChI is InChI=1S/C55H107NO5/c1-4-7-10-13-16-19-22-24-26-28-29-32-34-37-40-43-46-51(61-55(60)48-45-42-39-36-33-30-27-25-23-20-17-14-11-8-5-2)49-54(59)56-52(50-57)53(58)47-44-41-38-35-31-21-18-15-12-9-6-3/h29,32,51-53,57-58H,4-28,30-31,33-50H2,1-3H3,(H,56,59)/b32-29+. The summed E-state index contributed by atoms with van der Waals surface area (Å²) >= 11 is 0. The maximum atomic E-state index is 13.2. The molecule has 3 atom stereocenters. The molecule has 362 valence electrons. The van der Waals surface area contributed by atoms with Crippen LogP contribution >= 0.6 is 0 Å². The number of nitrogens with one attached hydrogen (secondary N) is 1. The number of aliphatic hydroxyl groups excluding tert-OH is 2. The van der Waals surface area contributed by atoms with Gasteiger partial charge in [0.25, 0.3) is 0 Å². The van der Waals surface area contributed by atoms with E-state index in [4.69, 9.17) is 4.74 Å². The van der Waals surface area contributed by atoms with Crippen LogP contribution in [0.4, 0.5) is 0 Å². The van der Waals surface area contributed by atoms with Gasteiger partial charge in [-0.1, -0.05) is 251 Å². The van der Waals surface area contributed by atoms with Crippen molar-refractivity contribution in [1.82, 2.24) is 5.32 Å². The van der Waals surface area contributed by atoms with Crippen molar-refractivity contribution >= 4 is 11.9 Å². The molecule has 1 amide bonds. The summed E-state index contributed by atoms with van der Waals surface area (Å²) in [4.78, 5) is 26.2. The summed E-state index contributed by atoms with van der Waals surface area (Å²) in [6.45, 7) is 6.50. The minimum absolute atomic E-state index is 0.0743. The van der Waals surface area contributed by atoms with Crippen LogP contribution in [0, 0.1) is 0 Å². The highest BCUT2D eigenvalue weighted by Crippen LogP contribution is 2.18. The van der Waals surface area contributed by atoms with Crippen LogP contribution in [0.15, 0.2) is 12.2 Å². The molecule has 3 N–H and O–H groups in total. The highest BCUT2D eigenvalue weighted by atomic mass is 16.5. The molecule has 0 aromatic heterocycles. The summed E-state index contributed by atoms with van der Waals surface area (Å²) in [5.41, 5.74) is 0. The van der Waals surface area contributed by atoms with Gasteiger partial charge in [0.1, 0.15) is 6.10 Å². The molecule has 0 bridgehead atoms. The van der Waals surface area contributed by atoms with E-state index in [2.05, 4.69) is 38.2 Å². The van der Waals surface area contributed by atoms with E-state index in [1.54, 1.807) is 0 Å². The van der Waals surface area contributed by atoms with Gasteiger partial charge in [-0.3, -0.25) is 9.59 Å². The Kier molecular flexibility index (Phi) is 48.5. The molecule has 0 aromatic rings. The summed E-state index contributed by atoms with van der Waals surface area (Å²) in [5, 5.41) is 23.8. The Morgan fingerprint density at radius 3 is 1.18 bits per heavy atom. The van der Waals surface area contributed by atoms with Gasteiger partial charge in [-0.2, -0.15) is 0 Å². The molecular weight excluding hydrogens is 755 g/mol. The highest BCUT2D eigenvalue weighted by molar-refractivity contribution is 5.77. The largest absolute Gasteiger partial charge is 0.462 e. The Balaban J connectivity index is 4.55. The van der Waals surface area contributed by atoms with Crippen molar-refractivity contribution in [3.05, 3.63) is 12.2 Å². The third kappa shape index (κ3) is 45.0. The monoisotopic (exact) mass is 862 g/mol. The van der Waals surface area contributed by atoms with E-state index >= 15 is 0 Å². The summed E-state index contributed by atoms with van der Waals surface area (Å²) in [6, 6.07) is -0.699. The molecule has 0 radical (unpaired) electrons. The maximum absolute atomic E-state index is 13.2. The first-order valence-corrected chi connectivity index (χ1v) is 27.4. The van der Waals surface area contributed by atoms with Gasteiger partial charge in [-0.25, -0.2) is 0 Å². The first-order valence-electron chi connectivity index (χ1n) is 27.4. The minimum Gasteiger partial charge on any atom is -0.462 e. The number of hydrogen-bond donors (Lipinski definition) is 3. The average Bonchev–Trinajstić information content (AvgIpc) is 3.25. The van der Waals surface area contributed by atoms with Crippen molar-refractivity contribution in [1.29, 1.82) is 0 Å². The quantitative estimate of drug-likeness (QED) is 0.0322. The molecule has 0 saturated carbocycles. The van der Waals surface area contributed by atoms with Gasteiger partial charge in [-0.15, -0.1) is 0 Å². The molecule has 0 aliphatic heterocycles. The van der Waals surface area contributed by atoms with Crippen LogP contribution in [0.5, 0.6) is 0 Å². The number of carbonyl (C=O) groups is 2. The van der Waals surface area contributed by atoms with E-state index in [1.165, 1.54) is 199 Å². The van der Waals surface area contributed by atoms with E-state index in [-0.39, 0.29) is 24.9 Å². The third-order valence-corrected chi connectivity index (χ3v) is 12.8. The SMILES string of the molecule is CCCCCCCCCCC/C=C/CCCCCC(CC(=O)NC(CO)C(O)CCCCCCCCCCCCC)OC(=O)CCCCCCCCCCCCCCCCC. The van der Waals surface area contributed by atoms with Gasteiger partial charge in [-0.05, 0) is 51.4 Å². The lowest BCUT2D eigenvalue weighted by Gasteiger charge is -2.24. The smallest absolute Gasteiger partial charge is 0.306 e. The first-order chi connectivity index (χ1) is 30.0. The average molecular weight is 862 g/mol. The van der Waals surface area contributed by atoms with Gasteiger partial charge >= 0.3 is 5.97 Å². The van der Waals surface area contributed by atoms with E-state index in [0.717, 1.165) is 57.8 Å². The van der Waals surface area contributed by atoms with Crippen LogP contribution in [-0.4, -0.2) is 46.9 Å². The number of allylic oxidation sites excluding steroid dienone is 2. The Hall–Kier alpha value is -1.40. The van der Waals surface area contributed by atoms with Gasteiger partial charge < -0.3 is 20.3 Å². The first kappa shape index (κ1) is 59.6. The van der Waals surface area contributed by atoms with E-state index in [0.29, 0.717) is 19.3 Å². The third-order valence-electron chi connectivity index (χ3n) is 12.8. The lowest BCUT2D eigenvalue weighted by Crippen LogP contribution is -2.46. The van der Waals surface area contributed by atoms with Crippen molar-refractivity contribution in [2.75, 3.05) is 6.61 Å². The topological polar surface area (TPSA) is 95.9 Å². The maximum Gasteiger partial charge on any atom is 0.306 e. The number of esters is 1. The molecule has 6 heteroatoms. The van der Waals surface area contributed by atoms with Crippen LogP contribution in [-0.2, 0) is 14.3 Å². The molecule has 0 aliphatic rings. The Labute approximate surface area is 380 Å². The summed E-state index contributed by atoms with van der Waals surface area (Å²) in [7, 11) is 0. The second kappa shape index (κ2) is 49.6. The molecule has 0 aromatic carbocycles. The van der Waals surface area contributed by atoms with Gasteiger partial charge in [0.2, 0.25) is 5.91 Å². The van der Waals surface area contributed by atoms with Crippen LogP contribution < -0.4 is 5.32 Å². The number of carbonyl (C=O) groups excluding carboxylic acids is 2. The summed E-state index contributed by atoms with van der Waals surface area (Å²) in [6.07, 6.45) is 55.6. The van der Waals surface area contributed by atoms with Crippen molar-refractivity contribution in [2.45, 2.75) is 322 Å². The van der Waals surface area contributed by atoms with Crippen LogP contribution in [0.2, 0.25) is 0 Å². The number of ether oxygens (including phenoxy) is 1. The summed E-state index contributed by atoms with van der Waals surface area (Å²) < 4.78 is 5.95. The molecule has 0 fully saturated rings. The van der Waals surface area contributed by atoms with Gasteiger partial charge in [0.15, 0.2) is 0 Å². The van der Waals surface area contributed by atoms with Crippen molar-refractivity contribution in [2.24, 2.45) is 0 Å². The van der Waals surface area contributed by atoms with E-state index in [9.17, 15) is 19.8 Å². The van der Waals surface area contributed by atoms with Crippen LogP contribution in [0.25, 0.3) is 0 Å². The fraction of sp³-hybridized carbons (Fsp3) is 0.927. The second-order valence-electron chi connectivity index (χ2n) is 19.0. The highest BCUT2D eigenvalue weighted by Gasteiger charge is 2.24. The zero-order chi connectivity index (χ0) is 44.5. The number of amides is 1. The fourth-order valence-electron chi connectivity index (χ4n) is 8.66. The predicted molar refractivity (Wildman–Crippen MR) is 264 cm³/mol. The predicted octanol–water partition coefficient (Wildman–Crippen LogP) is 16.5.